The second kappa shape index (κ2) is 7.14. The first-order valence-corrected chi connectivity index (χ1v) is 10.7. The van der Waals surface area contributed by atoms with E-state index in [4.69, 9.17) is 10.5 Å². The SMILES string of the molecule is Cc1ccc2c(N)cccc2c1Oc1ncccc1-c1ccnc(S(C)(=O)=O)n1. The molecule has 0 aliphatic heterocycles. The van der Waals surface area contributed by atoms with E-state index in [1.165, 1.54) is 6.20 Å². The maximum Gasteiger partial charge on any atom is 0.247 e. The minimum atomic E-state index is -3.54. The van der Waals surface area contributed by atoms with E-state index in [9.17, 15) is 8.42 Å². The molecular formula is C21H18N4O3S. The average Bonchev–Trinajstić information content (AvgIpc) is 2.70. The number of anilines is 1. The first kappa shape index (κ1) is 18.8. The van der Waals surface area contributed by atoms with Crippen molar-refractivity contribution in [2.75, 3.05) is 12.0 Å². The number of ether oxygens (including phenoxy) is 1. The number of rotatable bonds is 4. The molecule has 0 atom stereocenters. The maximum absolute atomic E-state index is 11.8. The van der Waals surface area contributed by atoms with Gasteiger partial charge >= 0.3 is 0 Å². The van der Waals surface area contributed by atoms with Crippen molar-refractivity contribution in [1.29, 1.82) is 0 Å². The van der Waals surface area contributed by atoms with Gasteiger partial charge in [-0.25, -0.2) is 23.4 Å². The number of pyridine rings is 1. The smallest absolute Gasteiger partial charge is 0.247 e. The summed E-state index contributed by atoms with van der Waals surface area (Å²) in [5.41, 5.74) is 8.63. The lowest BCUT2D eigenvalue weighted by molar-refractivity contribution is 0.466. The third-order valence-electron chi connectivity index (χ3n) is 4.45. The Morgan fingerprint density at radius 2 is 1.76 bits per heavy atom. The molecule has 0 fully saturated rings. The molecule has 0 saturated carbocycles. The highest BCUT2D eigenvalue weighted by molar-refractivity contribution is 7.90. The molecule has 0 aliphatic rings. The number of fused-ring (bicyclic) bond motifs is 1. The summed E-state index contributed by atoms with van der Waals surface area (Å²) in [7, 11) is -3.54. The molecule has 0 amide bonds. The van der Waals surface area contributed by atoms with Crippen molar-refractivity contribution in [1.82, 2.24) is 15.0 Å². The third-order valence-corrected chi connectivity index (χ3v) is 5.31. The molecule has 2 heterocycles. The van der Waals surface area contributed by atoms with Gasteiger partial charge in [0.2, 0.25) is 20.9 Å². The number of nitrogens with two attached hydrogens (primary N) is 1. The number of sulfone groups is 1. The fourth-order valence-corrected chi connectivity index (χ4v) is 3.55. The van der Waals surface area contributed by atoms with E-state index < -0.39 is 9.84 Å². The van der Waals surface area contributed by atoms with E-state index in [1.807, 2.05) is 37.3 Å². The van der Waals surface area contributed by atoms with E-state index in [-0.39, 0.29) is 5.16 Å². The first-order valence-electron chi connectivity index (χ1n) is 8.79. The van der Waals surface area contributed by atoms with Crippen LogP contribution in [0.5, 0.6) is 11.6 Å². The highest BCUT2D eigenvalue weighted by Gasteiger charge is 2.17. The molecule has 2 N–H and O–H groups in total. The van der Waals surface area contributed by atoms with Gasteiger partial charge in [0, 0.05) is 35.1 Å². The second-order valence-electron chi connectivity index (χ2n) is 6.61. The van der Waals surface area contributed by atoms with Gasteiger partial charge in [0.15, 0.2) is 0 Å². The number of nitrogens with zero attached hydrogens (tertiary/aromatic N) is 3. The summed E-state index contributed by atoms with van der Waals surface area (Å²) in [5.74, 6) is 0.941. The lowest BCUT2D eigenvalue weighted by Gasteiger charge is -2.14. The molecular weight excluding hydrogens is 388 g/mol. The van der Waals surface area contributed by atoms with Gasteiger partial charge in [0.25, 0.3) is 0 Å². The molecule has 7 nitrogen and oxygen atoms in total. The second-order valence-corrected chi connectivity index (χ2v) is 8.52. The van der Waals surface area contributed by atoms with Crippen molar-refractivity contribution < 1.29 is 13.2 Å². The minimum absolute atomic E-state index is 0.251. The van der Waals surface area contributed by atoms with E-state index in [0.29, 0.717) is 28.6 Å². The van der Waals surface area contributed by atoms with E-state index in [0.717, 1.165) is 22.6 Å². The molecule has 0 aliphatic carbocycles. The first-order chi connectivity index (χ1) is 13.8. The molecule has 0 saturated heterocycles. The summed E-state index contributed by atoms with van der Waals surface area (Å²) in [6, 6.07) is 14.6. The molecule has 8 heteroatoms. The van der Waals surface area contributed by atoms with Crippen LogP contribution in [0.25, 0.3) is 22.0 Å². The zero-order valence-electron chi connectivity index (χ0n) is 15.8. The van der Waals surface area contributed by atoms with Crippen LogP contribution >= 0.6 is 0 Å². The number of aromatic nitrogens is 3. The van der Waals surface area contributed by atoms with Crippen LogP contribution in [-0.2, 0) is 9.84 Å². The zero-order valence-corrected chi connectivity index (χ0v) is 16.6. The van der Waals surface area contributed by atoms with E-state index >= 15 is 0 Å². The van der Waals surface area contributed by atoms with Gasteiger partial charge in [0.1, 0.15) is 5.75 Å². The molecule has 4 rings (SSSR count). The Morgan fingerprint density at radius 1 is 0.931 bits per heavy atom. The van der Waals surface area contributed by atoms with Gasteiger partial charge < -0.3 is 10.5 Å². The van der Waals surface area contributed by atoms with Gasteiger partial charge in [0.05, 0.1) is 11.3 Å². The number of hydrogen-bond donors (Lipinski definition) is 1. The van der Waals surface area contributed by atoms with Crippen LogP contribution in [0.2, 0.25) is 0 Å². The number of aryl methyl sites for hydroxylation is 1. The Balaban J connectivity index is 1.85. The van der Waals surface area contributed by atoms with Gasteiger partial charge in [-0.3, -0.25) is 0 Å². The van der Waals surface area contributed by atoms with Gasteiger partial charge in [-0.2, -0.15) is 0 Å². The highest BCUT2D eigenvalue weighted by Crippen LogP contribution is 2.37. The number of hydrogen-bond acceptors (Lipinski definition) is 7. The molecule has 4 aromatic rings. The topological polar surface area (TPSA) is 108 Å². The van der Waals surface area contributed by atoms with Gasteiger partial charge in [-0.15, -0.1) is 0 Å². The fraction of sp³-hybridized carbons (Fsp3) is 0.0952. The van der Waals surface area contributed by atoms with Crippen molar-refractivity contribution in [2.24, 2.45) is 0 Å². The van der Waals surface area contributed by atoms with E-state index in [2.05, 4.69) is 15.0 Å². The van der Waals surface area contributed by atoms with Crippen molar-refractivity contribution in [2.45, 2.75) is 12.1 Å². The largest absolute Gasteiger partial charge is 0.437 e. The molecule has 2 aromatic carbocycles. The standard InChI is InChI=1S/C21H18N4O3S/c1-13-8-9-14-15(5-3-7-17(14)22)19(13)28-20-16(6-4-11-23-20)18-10-12-24-21(25-18)29(2,26)27/h3-12H,22H2,1-2H3. The Labute approximate surface area is 168 Å². The Kier molecular flexibility index (Phi) is 4.63. The van der Waals surface area contributed by atoms with Crippen LogP contribution in [0.1, 0.15) is 5.56 Å². The molecule has 0 unspecified atom stereocenters. The molecule has 146 valence electrons. The summed E-state index contributed by atoms with van der Waals surface area (Å²) in [5, 5.41) is 1.49. The lowest BCUT2D eigenvalue weighted by atomic mass is 10.0. The van der Waals surface area contributed by atoms with Crippen molar-refractivity contribution in [3.63, 3.8) is 0 Å². The van der Waals surface area contributed by atoms with Gasteiger partial charge in [-0.1, -0.05) is 24.3 Å². The minimum Gasteiger partial charge on any atom is -0.437 e. The average molecular weight is 406 g/mol. The van der Waals surface area contributed by atoms with Crippen LogP contribution in [-0.4, -0.2) is 29.6 Å². The van der Waals surface area contributed by atoms with Crippen molar-refractivity contribution in [3.05, 3.63) is 66.5 Å². The Hall–Kier alpha value is -3.52. The van der Waals surface area contributed by atoms with Crippen LogP contribution in [0, 0.1) is 6.92 Å². The quantitative estimate of drug-likeness (QED) is 0.406. The summed E-state index contributed by atoms with van der Waals surface area (Å²) in [6.45, 7) is 1.94. The van der Waals surface area contributed by atoms with Crippen molar-refractivity contribution in [3.8, 4) is 22.9 Å². The van der Waals surface area contributed by atoms with Crippen LogP contribution < -0.4 is 10.5 Å². The highest BCUT2D eigenvalue weighted by atomic mass is 32.2. The molecule has 0 bridgehead atoms. The van der Waals surface area contributed by atoms with E-state index in [1.54, 1.807) is 24.4 Å². The summed E-state index contributed by atoms with van der Waals surface area (Å²) >= 11 is 0. The number of nitrogen functional groups attached to an aromatic ring is 1. The molecule has 0 spiro atoms. The normalized spacial score (nSPS) is 11.5. The monoisotopic (exact) mass is 406 g/mol. The van der Waals surface area contributed by atoms with Crippen LogP contribution in [0.4, 0.5) is 5.69 Å². The lowest BCUT2D eigenvalue weighted by Crippen LogP contribution is -2.04. The van der Waals surface area contributed by atoms with Gasteiger partial charge in [-0.05, 0) is 36.8 Å². The predicted octanol–water partition coefficient (Wildman–Crippen LogP) is 3.78. The zero-order chi connectivity index (χ0) is 20.6. The summed E-state index contributed by atoms with van der Waals surface area (Å²) < 4.78 is 29.9. The van der Waals surface area contributed by atoms with Crippen LogP contribution in [0.15, 0.2) is 66.1 Å². The number of benzene rings is 2. The summed E-state index contributed by atoms with van der Waals surface area (Å²) in [6.07, 6.45) is 4.07. The summed E-state index contributed by atoms with van der Waals surface area (Å²) in [4.78, 5) is 12.4. The fourth-order valence-electron chi connectivity index (χ4n) is 3.03. The predicted molar refractivity (Wildman–Crippen MR) is 112 cm³/mol. The Morgan fingerprint density at radius 3 is 2.55 bits per heavy atom. The third kappa shape index (κ3) is 3.62. The Bertz CT molecular complexity index is 1340. The maximum atomic E-state index is 11.8. The molecule has 29 heavy (non-hydrogen) atoms. The van der Waals surface area contributed by atoms with Crippen molar-refractivity contribution >= 4 is 26.3 Å². The van der Waals surface area contributed by atoms with Crippen LogP contribution in [0.3, 0.4) is 0 Å². The molecule has 2 aromatic heterocycles. The molecule has 0 radical (unpaired) electrons.